The van der Waals surface area contributed by atoms with Crippen LogP contribution in [-0.2, 0) is 0 Å². The zero-order valence-corrected chi connectivity index (χ0v) is 14.2. The van der Waals surface area contributed by atoms with Gasteiger partial charge in [-0.25, -0.2) is 4.98 Å². The van der Waals surface area contributed by atoms with Crippen molar-refractivity contribution in [3.63, 3.8) is 0 Å². The molecule has 1 unspecified atom stereocenters. The van der Waals surface area contributed by atoms with Gasteiger partial charge >= 0.3 is 0 Å². The highest BCUT2D eigenvalue weighted by Gasteiger charge is 2.19. The van der Waals surface area contributed by atoms with E-state index in [1.165, 1.54) is 11.3 Å². The molecule has 1 amide bonds. The summed E-state index contributed by atoms with van der Waals surface area (Å²) in [7, 11) is 0. The van der Waals surface area contributed by atoms with Crippen LogP contribution in [0, 0.1) is 0 Å². The first kappa shape index (κ1) is 17.1. The van der Waals surface area contributed by atoms with E-state index in [1.807, 2.05) is 6.92 Å². The van der Waals surface area contributed by atoms with E-state index in [1.54, 1.807) is 11.8 Å². The van der Waals surface area contributed by atoms with Crippen molar-refractivity contribution in [2.75, 3.05) is 35.7 Å². The van der Waals surface area contributed by atoms with Crippen LogP contribution in [-0.4, -0.2) is 42.0 Å². The lowest BCUT2D eigenvalue weighted by Gasteiger charge is -2.16. The molecular weight excluding hydrogens is 292 g/mol. The van der Waals surface area contributed by atoms with Gasteiger partial charge in [0.05, 0.1) is 0 Å². The first-order valence-corrected chi connectivity index (χ1v) is 9.05. The highest BCUT2D eigenvalue weighted by molar-refractivity contribution is 7.98. The van der Waals surface area contributed by atoms with E-state index < -0.39 is 0 Å². The number of anilines is 2. The molecule has 1 aromatic rings. The molecule has 5 nitrogen and oxygen atoms in total. The number of hydrogen-bond acceptors (Lipinski definition) is 6. The molecule has 3 N–H and O–H groups in total. The van der Waals surface area contributed by atoms with Crippen LogP contribution in [0.1, 0.15) is 36.9 Å². The molecule has 0 aromatic carbocycles. The van der Waals surface area contributed by atoms with Gasteiger partial charge in [0.1, 0.15) is 10.7 Å². The molecular formula is C13H24N4OS2. The second kappa shape index (κ2) is 8.36. The fourth-order valence-corrected chi connectivity index (χ4v) is 3.37. The number of thiazole rings is 1. The predicted octanol–water partition coefficient (Wildman–Crippen LogP) is 2.44. The van der Waals surface area contributed by atoms with E-state index in [2.05, 4.69) is 35.3 Å². The molecule has 114 valence electrons. The number of nitrogens with zero attached hydrogens (tertiary/aromatic N) is 2. The average Bonchev–Trinajstić information content (AvgIpc) is 2.80. The highest BCUT2D eigenvalue weighted by atomic mass is 32.2. The molecule has 1 heterocycles. The fraction of sp³-hybridized carbons (Fsp3) is 0.692. The average molecular weight is 316 g/mol. The summed E-state index contributed by atoms with van der Waals surface area (Å²) in [6.45, 7) is 7.84. The van der Waals surface area contributed by atoms with E-state index in [9.17, 15) is 4.79 Å². The Kier molecular flexibility index (Phi) is 7.15. The molecule has 0 aliphatic rings. The maximum absolute atomic E-state index is 12.2. The topological polar surface area (TPSA) is 71.2 Å². The third kappa shape index (κ3) is 4.56. The summed E-state index contributed by atoms with van der Waals surface area (Å²) < 4.78 is 0. The van der Waals surface area contributed by atoms with Crippen molar-refractivity contribution in [1.82, 2.24) is 10.3 Å². The molecule has 0 saturated carbocycles. The molecule has 0 saturated heterocycles. The molecule has 0 aliphatic carbocycles. The van der Waals surface area contributed by atoms with Crippen LogP contribution in [0.2, 0.25) is 0 Å². The second-order valence-electron chi connectivity index (χ2n) is 4.54. The number of nitrogens with one attached hydrogen (secondary N) is 1. The van der Waals surface area contributed by atoms with E-state index in [0.29, 0.717) is 10.7 Å². The van der Waals surface area contributed by atoms with Gasteiger partial charge in [-0.15, -0.1) is 0 Å². The van der Waals surface area contributed by atoms with Gasteiger partial charge in [-0.3, -0.25) is 4.79 Å². The number of amides is 1. The van der Waals surface area contributed by atoms with Crippen LogP contribution in [0.15, 0.2) is 0 Å². The zero-order valence-electron chi connectivity index (χ0n) is 12.6. The van der Waals surface area contributed by atoms with Crippen molar-refractivity contribution in [1.29, 1.82) is 0 Å². The summed E-state index contributed by atoms with van der Waals surface area (Å²) in [4.78, 5) is 19.1. The Bertz CT molecular complexity index is 432. The monoisotopic (exact) mass is 316 g/mol. The van der Waals surface area contributed by atoms with Gasteiger partial charge in [-0.1, -0.05) is 11.3 Å². The smallest absolute Gasteiger partial charge is 0.265 e. The Balaban J connectivity index is 2.73. The minimum atomic E-state index is -0.119. The van der Waals surface area contributed by atoms with Crippen molar-refractivity contribution in [2.45, 2.75) is 33.2 Å². The molecule has 1 atom stereocenters. The number of nitrogens with two attached hydrogens (primary N) is 1. The third-order valence-corrected chi connectivity index (χ3v) is 4.79. The molecule has 1 rings (SSSR count). The number of rotatable bonds is 8. The summed E-state index contributed by atoms with van der Waals surface area (Å²) in [6.07, 6.45) is 3.01. The van der Waals surface area contributed by atoms with Crippen LogP contribution in [0.3, 0.4) is 0 Å². The van der Waals surface area contributed by atoms with Gasteiger partial charge in [-0.05, 0) is 39.2 Å². The summed E-state index contributed by atoms with van der Waals surface area (Å²) in [5.41, 5.74) is 5.87. The lowest BCUT2D eigenvalue weighted by molar-refractivity contribution is 0.0944. The van der Waals surface area contributed by atoms with Crippen LogP contribution in [0.4, 0.5) is 10.9 Å². The zero-order chi connectivity index (χ0) is 15.1. The summed E-state index contributed by atoms with van der Waals surface area (Å²) in [5.74, 6) is 1.24. The number of carbonyl (C=O) groups is 1. The molecule has 0 radical (unpaired) electrons. The van der Waals surface area contributed by atoms with Crippen molar-refractivity contribution in [2.24, 2.45) is 0 Å². The third-order valence-electron chi connectivity index (χ3n) is 3.01. The Morgan fingerprint density at radius 1 is 1.50 bits per heavy atom. The van der Waals surface area contributed by atoms with Crippen molar-refractivity contribution in [3.8, 4) is 0 Å². The lowest BCUT2D eigenvalue weighted by atomic mass is 10.2. The molecule has 7 heteroatoms. The van der Waals surface area contributed by atoms with Gasteiger partial charge in [-0.2, -0.15) is 11.8 Å². The molecule has 1 aromatic heterocycles. The first-order valence-electron chi connectivity index (χ1n) is 6.84. The van der Waals surface area contributed by atoms with Gasteiger partial charge in [0.2, 0.25) is 0 Å². The van der Waals surface area contributed by atoms with Crippen LogP contribution < -0.4 is 16.0 Å². The summed E-state index contributed by atoms with van der Waals surface area (Å²) in [6, 6.07) is 0.147. The predicted molar refractivity (Wildman–Crippen MR) is 90.0 cm³/mol. The maximum atomic E-state index is 12.2. The Labute approximate surface area is 129 Å². The second-order valence-corrected chi connectivity index (χ2v) is 6.50. The molecule has 20 heavy (non-hydrogen) atoms. The Morgan fingerprint density at radius 2 is 2.15 bits per heavy atom. The number of nitrogen functional groups attached to an aromatic ring is 1. The minimum absolute atomic E-state index is 0.119. The lowest BCUT2D eigenvalue weighted by Crippen LogP contribution is -2.32. The molecule has 0 bridgehead atoms. The summed E-state index contributed by atoms with van der Waals surface area (Å²) in [5, 5.41) is 3.79. The quantitative estimate of drug-likeness (QED) is 0.771. The van der Waals surface area contributed by atoms with E-state index in [0.717, 1.165) is 30.4 Å². The van der Waals surface area contributed by atoms with Crippen LogP contribution in [0.25, 0.3) is 0 Å². The number of hydrogen-bond donors (Lipinski definition) is 2. The SMILES string of the molecule is CCN(CC)c1nc(N)c(C(=O)NC(C)CCSC)s1. The standard InChI is InChI=1S/C13H24N4OS2/c1-5-17(6-2)13-16-11(14)10(20-13)12(18)15-9(3)7-8-19-4/h9H,5-8,14H2,1-4H3,(H,15,18). The highest BCUT2D eigenvalue weighted by Crippen LogP contribution is 2.28. The number of aromatic nitrogens is 1. The fourth-order valence-electron chi connectivity index (χ4n) is 1.77. The summed E-state index contributed by atoms with van der Waals surface area (Å²) >= 11 is 3.14. The van der Waals surface area contributed by atoms with Gasteiger partial charge < -0.3 is 16.0 Å². The molecule has 0 spiro atoms. The normalized spacial score (nSPS) is 12.2. The van der Waals surface area contributed by atoms with Gasteiger partial charge in [0, 0.05) is 19.1 Å². The van der Waals surface area contributed by atoms with E-state index in [-0.39, 0.29) is 11.9 Å². The largest absolute Gasteiger partial charge is 0.382 e. The van der Waals surface area contributed by atoms with Crippen LogP contribution >= 0.6 is 23.1 Å². The Hall–Kier alpha value is -0.950. The number of thioether (sulfide) groups is 1. The first-order chi connectivity index (χ1) is 9.53. The van der Waals surface area contributed by atoms with Crippen molar-refractivity contribution >= 4 is 40.0 Å². The van der Waals surface area contributed by atoms with Crippen molar-refractivity contribution in [3.05, 3.63) is 4.88 Å². The van der Waals surface area contributed by atoms with Gasteiger partial charge in [0.25, 0.3) is 5.91 Å². The minimum Gasteiger partial charge on any atom is -0.382 e. The van der Waals surface area contributed by atoms with Crippen LogP contribution in [0.5, 0.6) is 0 Å². The molecule has 0 fully saturated rings. The van der Waals surface area contributed by atoms with Crippen molar-refractivity contribution < 1.29 is 4.79 Å². The van der Waals surface area contributed by atoms with E-state index >= 15 is 0 Å². The molecule has 0 aliphatic heterocycles. The van der Waals surface area contributed by atoms with Gasteiger partial charge in [0.15, 0.2) is 5.13 Å². The number of carbonyl (C=O) groups excluding carboxylic acids is 1. The Morgan fingerprint density at radius 3 is 2.70 bits per heavy atom. The van der Waals surface area contributed by atoms with E-state index in [4.69, 9.17) is 5.73 Å². The maximum Gasteiger partial charge on any atom is 0.265 e.